The summed E-state index contributed by atoms with van der Waals surface area (Å²) in [5.41, 5.74) is 2.90. The molecule has 2 rings (SSSR count). The number of carbonyl (C=O) groups excluding carboxylic acids is 2. The van der Waals surface area contributed by atoms with Crippen LogP contribution in [0.15, 0.2) is 58.5 Å². The zero-order valence-electron chi connectivity index (χ0n) is 14.0. The van der Waals surface area contributed by atoms with E-state index < -0.39 is 5.54 Å². The summed E-state index contributed by atoms with van der Waals surface area (Å²) in [6.07, 6.45) is 5.05. The van der Waals surface area contributed by atoms with E-state index in [0.29, 0.717) is 0 Å². The maximum Gasteiger partial charge on any atom is 0.236 e. The van der Waals surface area contributed by atoms with Gasteiger partial charge in [0.25, 0.3) is 0 Å². The molecule has 122 valence electrons. The van der Waals surface area contributed by atoms with Gasteiger partial charge < -0.3 is 0 Å². The lowest BCUT2D eigenvalue weighted by Gasteiger charge is -2.27. The highest BCUT2D eigenvalue weighted by atomic mass is 16.1. The highest BCUT2D eigenvalue weighted by Gasteiger charge is 2.34. The first-order valence-corrected chi connectivity index (χ1v) is 8.01. The number of aryl methyl sites for hydroxylation is 2. The van der Waals surface area contributed by atoms with Gasteiger partial charge in [0, 0.05) is 0 Å². The summed E-state index contributed by atoms with van der Waals surface area (Å²) in [5.74, 6) is 0. The average Bonchev–Trinajstić information content (AvgIpc) is 2.65. The number of nitrogens with zero attached hydrogens (tertiary/aromatic N) is 2. The van der Waals surface area contributed by atoms with Crippen LogP contribution in [-0.2, 0) is 28.0 Å². The smallest absolute Gasteiger partial charge is 0.211 e. The first kappa shape index (κ1) is 17.6. The molecule has 0 radical (unpaired) electrons. The summed E-state index contributed by atoms with van der Waals surface area (Å²) < 4.78 is 0. The molecule has 0 unspecified atom stereocenters. The van der Waals surface area contributed by atoms with E-state index in [0.717, 1.165) is 24.0 Å². The van der Waals surface area contributed by atoms with Gasteiger partial charge in [0.15, 0.2) is 0 Å². The van der Waals surface area contributed by atoms with Gasteiger partial charge in [0.2, 0.25) is 12.2 Å². The van der Waals surface area contributed by atoms with E-state index in [1.54, 1.807) is 12.2 Å². The molecule has 0 atom stereocenters. The lowest BCUT2D eigenvalue weighted by molar-refractivity contribution is 0.516. The van der Waals surface area contributed by atoms with Crippen molar-refractivity contribution in [3.8, 4) is 0 Å². The van der Waals surface area contributed by atoms with Crippen LogP contribution in [0.4, 0.5) is 0 Å². The second-order valence-corrected chi connectivity index (χ2v) is 5.57. The molecule has 4 heteroatoms. The molecular weight excluding hydrogens is 300 g/mol. The Labute approximate surface area is 142 Å². The normalized spacial score (nSPS) is 10.6. The third-order valence-electron chi connectivity index (χ3n) is 4.29. The second-order valence-electron chi connectivity index (χ2n) is 5.57. The zero-order valence-corrected chi connectivity index (χ0v) is 14.0. The number of hydrogen-bond donors (Lipinski definition) is 0. The van der Waals surface area contributed by atoms with Crippen LogP contribution in [-0.4, -0.2) is 18.7 Å². The molecule has 4 nitrogen and oxygen atoms in total. The van der Waals surface area contributed by atoms with E-state index in [1.165, 1.54) is 11.1 Å². The molecule has 0 heterocycles. The quantitative estimate of drug-likeness (QED) is 0.576. The molecule has 0 bridgehead atoms. The molecule has 0 fully saturated rings. The van der Waals surface area contributed by atoms with E-state index in [2.05, 4.69) is 23.8 Å². The van der Waals surface area contributed by atoms with E-state index >= 15 is 0 Å². The summed E-state index contributed by atoms with van der Waals surface area (Å²) in [6, 6.07) is 15.7. The number of isocyanates is 2. The summed E-state index contributed by atoms with van der Waals surface area (Å²) in [7, 11) is 0. The molecule has 24 heavy (non-hydrogen) atoms. The van der Waals surface area contributed by atoms with E-state index in [-0.39, 0.29) is 6.54 Å². The second kappa shape index (κ2) is 8.16. The lowest BCUT2D eigenvalue weighted by atomic mass is 9.82. The van der Waals surface area contributed by atoms with Gasteiger partial charge in [0.1, 0.15) is 5.54 Å². The molecule has 2 aromatic carbocycles. The van der Waals surface area contributed by atoms with Crippen LogP contribution in [0.3, 0.4) is 0 Å². The Hall–Kier alpha value is -2.80. The maximum atomic E-state index is 11.1. The lowest BCUT2D eigenvalue weighted by Crippen LogP contribution is -2.29. The van der Waals surface area contributed by atoms with Crippen molar-refractivity contribution in [1.29, 1.82) is 0 Å². The molecule has 0 saturated carbocycles. The molecule has 0 aliphatic carbocycles. The van der Waals surface area contributed by atoms with Crippen LogP contribution in [0.1, 0.15) is 36.1 Å². The van der Waals surface area contributed by atoms with Crippen LogP contribution < -0.4 is 0 Å². The van der Waals surface area contributed by atoms with Crippen LogP contribution in [0, 0.1) is 0 Å². The van der Waals surface area contributed by atoms with Crippen molar-refractivity contribution in [1.82, 2.24) is 0 Å². The van der Waals surface area contributed by atoms with Crippen LogP contribution >= 0.6 is 0 Å². The van der Waals surface area contributed by atoms with Crippen molar-refractivity contribution in [2.75, 3.05) is 6.54 Å². The van der Waals surface area contributed by atoms with Crippen molar-refractivity contribution in [2.24, 2.45) is 9.98 Å². The molecular formula is C20H20N2O2. The van der Waals surface area contributed by atoms with Crippen LogP contribution in [0.25, 0.3) is 0 Å². The Kier molecular flexibility index (Phi) is 5.97. The molecule has 0 aromatic heterocycles. The largest absolute Gasteiger partial charge is 0.236 e. The number of rotatable bonds is 7. The van der Waals surface area contributed by atoms with Crippen LogP contribution in [0.2, 0.25) is 0 Å². The first-order chi connectivity index (χ1) is 11.7. The number of benzene rings is 2. The topological polar surface area (TPSA) is 58.9 Å². The minimum absolute atomic E-state index is 0.0166. The van der Waals surface area contributed by atoms with Gasteiger partial charge in [-0.3, -0.25) is 0 Å². The third kappa shape index (κ3) is 3.57. The average molecular weight is 320 g/mol. The molecule has 0 aliphatic heterocycles. The molecule has 0 N–H and O–H groups in total. The van der Waals surface area contributed by atoms with Gasteiger partial charge in [-0.15, -0.1) is 0 Å². The van der Waals surface area contributed by atoms with Gasteiger partial charge in [-0.2, -0.15) is 4.99 Å². The van der Waals surface area contributed by atoms with Gasteiger partial charge in [-0.05, 0) is 35.1 Å². The number of hydrogen-bond acceptors (Lipinski definition) is 4. The standard InChI is InChI=1S/C20H20N2O2/c1-3-16-5-9-18(10-6-16)20(22-15-24,13-21-14-23)19-11-7-17(4-2)8-12-19/h5-12H,3-4,13H2,1-2H3. The summed E-state index contributed by atoms with van der Waals surface area (Å²) in [4.78, 5) is 29.6. The summed E-state index contributed by atoms with van der Waals surface area (Å²) in [6.45, 7) is 4.17. The van der Waals surface area contributed by atoms with Crippen molar-refractivity contribution < 1.29 is 9.59 Å². The van der Waals surface area contributed by atoms with E-state index in [9.17, 15) is 9.59 Å². The predicted molar refractivity (Wildman–Crippen MR) is 93.5 cm³/mol. The number of aliphatic imine (C=N–C) groups is 2. The van der Waals surface area contributed by atoms with Gasteiger partial charge in [0.05, 0.1) is 6.54 Å². The molecule has 0 aliphatic rings. The van der Waals surface area contributed by atoms with Crippen molar-refractivity contribution >= 4 is 12.2 Å². The first-order valence-electron chi connectivity index (χ1n) is 8.01. The van der Waals surface area contributed by atoms with E-state index in [1.807, 2.05) is 48.5 Å². The van der Waals surface area contributed by atoms with Crippen molar-refractivity contribution in [3.05, 3.63) is 70.8 Å². The van der Waals surface area contributed by atoms with Crippen LogP contribution in [0.5, 0.6) is 0 Å². The third-order valence-corrected chi connectivity index (χ3v) is 4.29. The molecule has 0 saturated heterocycles. The SMILES string of the molecule is CCc1ccc(C(CN=C=O)(N=C=O)c2ccc(CC)cc2)cc1. The molecule has 0 amide bonds. The fraction of sp³-hybridized carbons (Fsp3) is 0.300. The highest BCUT2D eigenvalue weighted by Crippen LogP contribution is 2.34. The Morgan fingerprint density at radius 2 is 1.25 bits per heavy atom. The predicted octanol–water partition coefficient (Wildman–Crippen LogP) is 3.73. The highest BCUT2D eigenvalue weighted by molar-refractivity contribution is 5.48. The van der Waals surface area contributed by atoms with E-state index in [4.69, 9.17) is 0 Å². The van der Waals surface area contributed by atoms with Gasteiger partial charge in [-0.25, -0.2) is 14.6 Å². The maximum absolute atomic E-state index is 11.1. The van der Waals surface area contributed by atoms with Crippen molar-refractivity contribution in [3.63, 3.8) is 0 Å². The molecule has 0 spiro atoms. The summed E-state index contributed by atoms with van der Waals surface area (Å²) >= 11 is 0. The van der Waals surface area contributed by atoms with Gasteiger partial charge in [-0.1, -0.05) is 62.4 Å². The van der Waals surface area contributed by atoms with Gasteiger partial charge >= 0.3 is 0 Å². The zero-order chi connectivity index (χ0) is 17.4. The summed E-state index contributed by atoms with van der Waals surface area (Å²) in [5, 5.41) is 0. The molecule has 2 aromatic rings. The fourth-order valence-electron chi connectivity index (χ4n) is 2.77. The Morgan fingerprint density at radius 3 is 1.58 bits per heavy atom. The minimum Gasteiger partial charge on any atom is -0.211 e. The fourth-order valence-corrected chi connectivity index (χ4v) is 2.77. The minimum atomic E-state index is -1.06. The Balaban J connectivity index is 2.64. The monoisotopic (exact) mass is 320 g/mol. The Bertz CT molecular complexity index is 719. The van der Waals surface area contributed by atoms with Crippen molar-refractivity contribution in [2.45, 2.75) is 32.2 Å². The Morgan fingerprint density at radius 1 is 0.792 bits per heavy atom.